The largest absolute Gasteiger partial charge is 0.395 e. The monoisotopic (exact) mass is 136 g/mol. The van der Waals surface area contributed by atoms with E-state index in [0.717, 1.165) is 18.3 Å². The average Bonchev–Trinajstić information content (AvgIpc) is 2.75. The summed E-state index contributed by atoms with van der Waals surface area (Å²) in [6.07, 6.45) is 0.793. The first-order chi connectivity index (χ1) is 4.81. The van der Waals surface area contributed by atoms with Crippen molar-refractivity contribution in [2.45, 2.75) is 6.42 Å². The fourth-order valence-electron chi connectivity index (χ4n) is 4.16. The summed E-state index contributed by atoms with van der Waals surface area (Å²) in [5.74, 6) is 2.67. The second-order valence-corrected chi connectivity index (χ2v) is 4.30. The number of fused-ring (bicyclic) bond motifs is 3. The van der Waals surface area contributed by atoms with Crippen LogP contribution in [0.5, 0.6) is 0 Å². The van der Waals surface area contributed by atoms with Crippen LogP contribution >= 0.6 is 0 Å². The predicted molar refractivity (Wildman–Crippen MR) is 32.0 cm³/mol. The zero-order valence-corrected chi connectivity index (χ0v) is 5.50. The molecule has 0 aromatic rings. The number of ketones is 1. The summed E-state index contributed by atoms with van der Waals surface area (Å²) in [7, 11) is 0. The van der Waals surface area contributed by atoms with Gasteiger partial charge in [0.2, 0.25) is 0 Å². The number of carbonyl (C=O) groups excluding carboxylic acids is 1. The Morgan fingerprint density at radius 3 is 2.80 bits per heavy atom. The highest BCUT2D eigenvalue weighted by Gasteiger charge is 3.14. The van der Waals surface area contributed by atoms with Gasteiger partial charge in [0.05, 0.1) is 12.0 Å². The zero-order chi connectivity index (χ0) is 6.72. The van der Waals surface area contributed by atoms with Crippen LogP contribution in [0.1, 0.15) is 6.42 Å². The molecule has 5 unspecified atom stereocenters. The first-order valence-corrected chi connectivity index (χ1v) is 3.96. The summed E-state index contributed by atoms with van der Waals surface area (Å²) in [6, 6.07) is 0. The van der Waals surface area contributed by atoms with Gasteiger partial charge in [-0.15, -0.1) is 0 Å². The Morgan fingerprint density at radius 2 is 2.50 bits per heavy atom. The number of aliphatic hydroxyl groups excluding tert-OH is 1. The van der Waals surface area contributed by atoms with Gasteiger partial charge in [0.15, 0.2) is 0 Å². The van der Waals surface area contributed by atoms with Gasteiger partial charge >= 0.3 is 0 Å². The zero-order valence-electron chi connectivity index (χ0n) is 5.50. The van der Waals surface area contributed by atoms with Crippen LogP contribution in [0.25, 0.3) is 0 Å². The topological polar surface area (TPSA) is 37.3 Å². The number of hydrogen-bond acceptors (Lipinski definition) is 2. The summed E-state index contributed by atoms with van der Waals surface area (Å²) in [5.41, 5.74) is 0.279. The van der Waals surface area contributed by atoms with E-state index in [1.54, 1.807) is 0 Å². The summed E-state index contributed by atoms with van der Waals surface area (Å²) < 4.78 is 0. The molecule has 0 heterocycles. The Kier molecular flexibility index (Phi) is 0.344. The Morgan fingerprint density at radius 1 is 1.70 bits per heavy atom. The molecule has 4 saturated carbocycles. The molecule has 1 spiro atoms. The van der Waals surface area contributed by atoms with E-state index in [1.807, 2.05) is 0 Å². The van der Waals surface area contributed by atoms with Crippen molar-refractivity contribution in [3.05, 3.63) is 0 Å². The molecular formula is C8H8O2. The fraction of sp³-hybridized carbons (Fsp3) is 0.875. The van der Waals surface area contributed by atoms with Crippen LogP contribution in [0.4, 0.5) is 0 Å². The number of carbonyl (C=O) groups is 1. The van der Waals surface area contributed by atoms with Gasteiger partial charge in [-0.1, -0.05) is 0 Å². The molecule has 2 heteroatoms. The SMILES string of the molecule is O=C1CC2C3C4C1(CO)C234. The van der Waals surface area contributed by atoms with Crippen LogP contribution in [0.2, 0.25) is 0 Å². The molecule has 0 aromatic heterocycles. The lowest BCUT2D eigenvalue weighted by atomic mass is 9.87. The summed E-state index contributed by atoms with van der Waals surface area (Å²) in [5, 5.41) is 9.03. The highest BCUT2D eigenvalue weighted by Crippen LogP contribution is 3.12. The first-order valence-electron chi connectivity index (χ1n) is 3.96. The molecule has 0 aromatic carbocycles. The normalized spacial score (nSPS) is 78.5. The Balaban J connectivity index is 1.95. The van der Waals surface area contributed by atoms with E-state index in [1.165, 1.54) is 0 Å². The lowest BCUT2D eigenvalue weighted by Crippen LogP contribution is -2.28. The summed E-state index contributed by atoms with van der Waals surface area (Å²) >= 11 is 0. The maximum atomic E-state index is 11.3. The smallest absolute Gasteiger partial charge is 0.142 e. The van der Waals surface area contributed by atoms with E-state index >= 15 is 0 Å². The van der Waals surface area contributed by atoms with E-state index in [4.69, 9.17) is 5.11 Å². The highest BCUT2D eigenvalue weighted by molar-refractivity contribution is 6.01. The van der Waals surface area contributed by atoms with Crippen LogP contribution in [-0.4, -0.2) is 17.5 Å². The van der Waals surface area contributed by atoms with Crippen LogP contribution in [0, 0.1) is 28.6 Å². The Labute approximate surface area is 58.2 Å². The first kappa shape index (κ1) is 4.50. The maximum absolute atomic E-state index is 11.3. The van der Waals surface area contributed by atoms with E-state index in [-0.39, 0.29) is 12.0 Å². The van der Waals surface area contributed by atoms with Crippen LogP contribution in [0.3, 0.4) is 0 Å². The van der Waals surface area contributed by atoms with Crippen molar-refractivity contribution >= 4 is 5.78 Å². The standard InChI is InChI=1S/C8H8O2/c9-2-7-4(10)1-3-5-6(7)8(3,5)7/h3,5-6,9H,1-2H2. The van der Waals surface area contributed by atoms with E-state index in [9.17, 15) is 4.79 Å². The van der Waals surface area contributed by atoms with Gasteiger partial charge in [0.25, 0.3) is 0 Å². The summed E-state index contributed by atoms with van der Waals surface area (Å²) in [6.45, 7) is 0.142. The third-order valence-corrected chi connectivity index (χ3v) is 4.63. The fourth-order valence-corrected chi connectivity index (χ4v) is 4.16. The molecule has 0 amide bonds. The molecule has 0 radical (unpaired) electrons. The van der Waals surface area contributed by atoms with Gasteiger partial charge in [-0.05, 0) is 23.2 Å². The van der Waals surface area contributed by atoms with Crippen LogP contribution < -0.4 is 0 Å². The molecule has 10 heavy (non-hydrogen) atoms. The molecule has 0 aliphatic heterocycles. The van der Waals surface area contributed by atoms with Crippen LogP contribution in [-0.2, 0) is 4.79 Å². The minimum atomic E-state index is -0.150. The summed E-state index contributed by atoms with van der Waals surface area (Å²) in [4.78, 5) is 11.3. The van der Waals surface area contributed by atoms with Crippen molar-refractivity contribution in [2.24, 2.45) is 28.6 Å². The van der Waals surface area contributed by atoms with E-state index < -0.39 is 0 Å². The molecule has 4 aliphatic rings. The third kappa shape index (κ3) is 0.148. The van der Waals surface area contributed by atoms with Crippen molar-refractivity contribution in [3.8, 4) is 0 Å². The molecule has 0 saturated heterocycles. The molecule has 5 atom stereocenters. The Hall–Kier alpha value is -0.370. The van der Waals surface area contributed by atoms with Crippen molar-refractivity contribution in [1.29, 1.82) is 0 Å². The van der Waals surface area contributed by atoms with Gasteiger partial charge in [-0.3, -0.25) is 4.79 Å². The second-order valence-electron chi connectivity index (χ2n) is 4.30. The predicted octanol–water partition coefficient (Wildman–Crippen LogP) is -0.186. The lowest BCUT2D eigenvalue weighted by molar-refractivity contribution is -0.127. The number of Topliss-reactive ketones (excluding diaryl/α,β-unsaturated/α-hetero) is 1. The molecule has 2 nitrogen and oxygen atoms in total. The van der Waals surface area contributed by atoms with Gasteiger partial charge in [-0.25, -0.2) is 0 Å². The minimum Gasteiger partial charge on any atom is -0.395 e. The molecule has 52 valence electrons. The molecule has 4 rings (SSSR count). The Bertz CT molecular complexity index is 285. The quantitative estimate of drug-likeness (QED) is 0.542. The number of rotatable bonds is 1. The van der Waals surface area contributed by atoms with Gasteiger partial charge in [-0.2, -0.15) is 0 Å². The van der Waals surface area contributed by atoms with Crippen molar-refractivity contribution in [3.63, 3.8) is 0 Å². The molecule has 0 bridgehead atoms. The maximum Gasteiger partial charge on any atom is 0.142 e. The van der Waals surface area contributed by atoms with Gasteiger partial charge in [0, 0.05) is 6.42 Å². The van der Waals surface area contributed by atoms with E-state index in [2.05, 4.69) is 0 Å². The minimum absolute atomic E-state index is 0.142. The highest BCUT2D eigenvalue weighted by atomic mass is 16.3. The van der Waals surface area contributed by atoms with Gasteiger partial charge < -0.3 is 5.11 Å². The number of hydrogen-bond donors (Lipinski definition) is 1. The van der Waals surface area contributed by atoms with Crippen molar-refractivity contribution in [2.75, 3.05) is 6.61 Å². The van der Waals surface area contributed by atoms with Crippen molar-refractivity contribution in [1.82, 2.24) is 0 Å². The average molecular weight is 136 g/mol. The lowest BCUT2D eigenvalue weighted by Gasteiger charge is -2.17. The van der Waals surface area contributed by atoms with Crippen molar-refractivity contribution < 1.29 is 9.90 Å². The van der Waals surface area contributed by atoms with Crippen LogP contribution in [0.15, 0.2) is 0 Å². The van der Waals surface area contributed by atoms with E-state index in [0.29, 0.717) is 17.1 Å². The number of aliphatic hydroxyl groups is 1. The second kappa shape index (κ2) is 0.765. The molecule has 4 aliphatic carbocycles. The van der Waals surface area contributed by atoms with Gasteiger partial charge in [0.1, 0.15) is 5.78 Å². The molecule has 1 N–H and O–H groups in total. The molecular weight excluding hydrogens is 128 g/mol. The third-order valence-electron chi connectivity index (χ3n) is 4.63. The molecule has 4 fully saturated rings.